The Labute approximate surface area is 223 Å². The van der Waals surface area contributed by atoms with Crippen molar-refractivity contribution in [2.75, 3.05) is 13.7 Å². The molecule has 0 aromatic heterocycles. The fourth-order valence-electron chi connectivity index (χ4n) is 4.39. The number of ether oxygens (including phenoxy) is 5. The summed E-state index contributed by atoms with van der Waals surface area (Å²) in [6.45, 7) is 2.48. The van der Waals surface area contributed by atoms with E-state index in [0.717, 1.165) is 22.4 Å². The van der Waals surface area contributed by atoms with E-state index >= 15 is 0 Å². The third-order valence-electron chi connectivity index (χ3n) is 6.32. The number of methoxy groups -OCH3 is 1. The lowest BCUT2D eigenvalue weighted by atomic mass is 9.96. The second-order valence-corrected chi connectivity index (χ2v) is 9.18. The van der Waals surface area contributed by atoms with E-state index in [0.29, 0.717) is 13.2 Å². The molecule has 1 saturated heterocycles. The average Bonchev–Trinajstić information content (AvgIpc) is 2.94. The van der Waals surface area contributed by atoms with E-state index in [1.807, 2.05) is 84.9 Å². The van der Waals surface area contributed by atoms with Gasteiger partial charge in [-0.05, 0) is 28.8 Å². The molecule has 1 aliphatic heterocycles. The molecule has 8 heteroatoms. The second-order valence-electron chi connectivity index (χ2n) is 9.18. The number of aliphatic hydroxyl groups is 1. The molecule has 5 atom stereocenters. The van der Waals surface area contributed by atoms with Crippen LogP contribution in [-0.4, -0.2) is 55.4 Å². The van der Waals surface area contributed by atoms with Gasteiger partial charge >= 0.3 is 0 Å². The van der Waals surface area contributed by atoms with Gasteiger partial charge in [0.15, 0.2) is 6.29 Å². The lowest BCUT2D eigenvalue weighted by molar-refractivity contribution is -0.277. The van der Waals surface area contributed by atoms with Gasteiger partial charge in [-0.2, -0.15) is 0 Å². The van der Waals surface area contributed by atoms with Crippen LogP contribution in [0.5, 0.6) is 5.75 Å². The molecule has 0 bridgehead atoms. The van der Waals surface area contributed by atoms with Crippen molar-refractivity contribution in [3.05, 3.63) is 102 Å². The van der Waals surface area contributed by atoms with Crippen LogP contribution in [0, 0.1) is 0 Å². The topological polar surface area (TPSA) is 95.5 Å². The second kappa shape index (κ2) is 14.0. The molecular formula is C30H35NO7. The highest BCUT2D eigenvalue weighted by molar-refractivity contribution is 5.73. The number of hydrogen-bond acceptors (Lipinski definition) is 7. The van der Waals surface area contributed by atoms with E-state index in [4.69, 9.17) is 23.7 Å². The third-order valence-corrected chi connectivity index (χ3v) is 6.32. The van der Waals surface area contributed by atoms with Crippen molar-refractivity contribution in [2.45, 2.75) is 57.4 Å². The van der Waals surface area contributed by atoms with Crippen LogP contribution >= 0.6 is 0 Å². The predicted octanol–water partition coefficient (Wildman–Crippen LogP) is 3.60. The van der Waals surface area contributed by atoms with Crippen LogP contribution in [0.4, 0.5) is 0 Å². The van der Waals surface area contributed by atoms with Crippen molar-refractivity contribution >= 4 is 5.91 Å². The molecule has 0 unspecified atom stereocenters. The maximum atomic E-state index is 12.0. The predicted molar refractivity (Wildman–Crippen MR) is 141 cm³/mol. The molecule has 0 spiro atoms. The van der Waals surface area contributed by atoms with Crippen LogP contribution in [0.2, 0.25) is 0 Å². The lowest BCUT2D eigenvalue weighted by Gasteiger charge is -2.44. The fourth-order valence-corrected chi connectivity index (χ4v) is 4.39. The number of rotatable bonds is 12. The summed E-state index contributed by atoms with van der Waals surface area (Å²) in [5.41, 5.74) is 2.91. The van der Waals surface area contributed by atoms with Crippen molar-refractivity contribution in [3.8, 4) is 5.75 Å². The zero-order chi connectivity index (χ0) is 26.7. The van der Waals surface area contributed by atoms with Gasteiger partial charge in [0, 0.05) is 6.92 Å². The molecule has 0 aliphatic carbocycles. The fraction of sp³-hybridized carbons (Fsp3) is 0.367. The lowest BCUT2D eigenvalue weighted by Crippen LogP contribution is -2.65. The van der Waals surface area contributed by atoms with Crippen LogP contribution in [0.25, 0.3) is 0 Å². The zero-order valence-electron chi connectivity index (χ0n) is 21.7. The van der Waals surface area contributed by atoms with E-state index in [2.05, 4.69) is 5.32 Å². The van der Waals surface area contributed by atoms with E-state index < -0.39 is 30.6 Å². The first-order valence-electron chi connectivity index (χ1n) is 12.7. The summed E-state index contributed by atoms with van der Waals surface area (Å²) in [5.74, 6) is 0.433. The molecule has 0 radical (unpaired) electrons. The molecule has 3 aromatic carbocycles. The zero-order valence-corrected chi connectivity index (χ0v) is 21.7. The first-order chi connectivity index (χ1) is 18.5. The third kappa shape index (κ3) is 7.86. The summed E-state index contributed by atoms with van der Waals surface area (Å²) in [7, 11) is 1.61. The van der Waals surface area contributed by atoms with E-state index in [1.54, 1.807) is 7.11 Å². The quantitative estimate of drug-likeness (QED) is 0.376. The van der Waals surface area contributed by atoms with Gasteiger partial charge in [-0.15, -0.1) is 0 Å². The standard InChI is InChI=1S/C30H35NO7/c1-21(32)31-27-29(37-19-24-13-15-25(34-2)16-14-24)28(36-18-23-11-7-4-8-12-23)26(38-30(27)33)20-35-17-22-9-5-3-6-10-22/h3-16,26-30,33H,17-20H2,1-2H3,(H,31,32)/t26-,27-,28+,29-,30+/m1/s1. The minimum absolute atomic E-state index is 0.167. The minimum atomic E-state index is -1.30. The van der Waals surface area contributed by atoms with Crippen molar-refractivity contribution in [1.82, 2.24) is 5.32 Å². The Kier molecular flexibility index (Phi) is 10.3. The summed E-state index contributed by atoms with van der Waals surface area (Å²) in [5, 5.41) is 13.7. The van der Waals surface area contributed by atoms with Crippen LogP contribution in [0.15, 0.2) is 84.9 Å². The van der Waals surface area contributed by atoms with Crippen LogP contribution in [0.1, 0.15) is 23.6 Å². The van der Waals surface area contributed by atoms with Gasteiger partial charge in [-0.25, -0.2) is 0 Å². The number of aliphatic hydroxyl groups excluding tert-OH is 1. The molecule has 1 aliphatic rings. The summed E-state index contributed by atoms with van der Waals surface area (Å²) >= 11 is 0. The molecule has 8 nitrogen and oxygen atoms in total. The first kappa shape index (κ1) is 27.8. The first-order valence-corrected chi connectivity index (χ1v) is 12.7. The number of benzene rings is 3. The highest BCUT2D eigenvalue weighted by Crippen LogP contribution is 2.28. The van der Waals surface area contributed by atoms with Gasteiger partial charge in [0.2, 0.25) is 5.91 Å². The normalized spacial score (nSPS) is 23.1. The molecular weight excluding hydrogens is 486 g/mol. The molecule has 1 amide bonds. The van der Waals surface area contributed by atoms with Crippen LogP contribution < -0.4 is 10.1 Å². The average molecular weight is 522 g/mol. The number of carbonyl (C=O) groups is 1. The van der Waals surface area contributed by atoms with Gasteiger partial charge in [0.25, 0.3) is 0 Å². The molecule has 1 fully saturated rings. The summed E-state index contributed by atoms with van der Waals surface area (Å²) in [4.78, 5) is 12.0. The molecule has 0 saturated carbocycles. The molecule has 1 heterocycles. The van der Waals surface area contributed by atoms with Crippen LogP contribution in [0.3, 0.4) is 0 Å². The molecule has 2 N–H and O–H groups in total. The SMILES string of the molecule is COc1ccc(CO[C@@H]2[C@@H](NC(C)=O)[C@@H](O)O[C@H](COCc3ccccc3)[C@@H]2OCc2ccccc2)cc1. The Morgan fingerprint density at radius 3 is 1.95 bits per heavy atom. The van der Waals surface area contributed by atoms with Gasteiger partial charge in [-0.1, -0.05) is 72.8 Å². The number of nitrogens with one attached hydrogen (secondary N) is 1. The molecule has 38 heavy (non-hydrogen) atoms. The van der Waals surface area contributed by atoms with Crippen molar-refractivity contribution in [2.24, 2.45) is 0 Å². The van der Waals surface area contributed by atoms with Gasteiger partial charge in [0.05, 0.1) is 33.5 Å². The van der Waals surface area contributed by atoms with E-state index in [9.17, 15) is 9.90 Å². The largest absolute Gasteiger partial charge is 0.497 e. The number of amides is 1. The summed E-state index contributed by atoms with van der Waals surface area (Å²) in [6.07, 6.45) is -3.28. The van der Waals surface area contributed by atoms with Gasteiger partial charge < -0.3 is 34.1 Å². The number of carbonyl (C=O) groups excluding carboxylic acids is 1. The van der Waals surface area contributed by atoms with Crippen molar-refractivity contribution in [3.63, 3.8) is 0 Å². The molecule has 3 aromatic rings. The molecule has 202 valence electrons. The Hall–Kier alpha value is -3.27. The summed E-state index contributed by atoms with van der Waals surface area (Å²) < 4.78 is 29.9. The smallest absolute Gasteiger partial charge is 0.217 e. The Morgan fingerprint density at radius 2 is 1.37 bits per heavy atom. The Bertz CT molecular complexity index is 1110. The monoisotopic (exact) mass is 521 g/mol. The van der Waals surface area contributed by atoms with E-state index in [1.165, 1.54) is 6.92 Å². The summed E-state index contributed by atoms with van der Waals surface area (Å²) in [6, 6.07) is 26.3. The maximum Gasteiger partial charge on any atom is 0.217 e. The Morgan fingerprint density at radius 1 is 0.816 bits per heavy atom. The highest BCUT2D eigenvalue weighted by atomic mass is 16.7. The van der Waals surface area contributed by atoms with E-state index in [-0.39, 0.29) is 19.1 Å². The van der Waals surface area contributed by atoms with Gasteiger partial charge in [0.1, 0.15) is 30.1 Å². The van der Waals surface area contributed by atoms with Crippen LogP contribution in [-0.2, 0) is 43.6 Å². The van der Waals surface area contributed by atoms with Gasteiger partial charge in [-0.3, -0.25) is 4.79 Å². The highest BCUT2D eigenvalue weighted by Gasteiger charge is 2.47. The van der Waals surface area contributed by atoms with Crippen molar-refractivity contribution < 1.29 is 33.6 Å². The molecule has 4 rings (SSSR count). The number of hydrogen-bond donors (Lipinski definition) is 2. The minimum Gasteiger partial charge on any atom is -0.497 e. The Balaban J connectivity index is 1.53. The van der Waals surface area contributed by atoms with Crippen molar-refractivity contribution in [1.29, 1.82) is 0 Å². The maximum absolute atomic E-state index is 12.0.